The zero-order valence-electron chi connectivity index (χ0n) is 13.4. The van der Waals surface area contributed by atoms with Crippen molar-refractivity contribution in [1.82, 2.24) is 24.9 Å². The molecule has 3 aromatic heterocycles. The number of hydrogen-bond donors (Lipinski definition) is 1. The third-order valence-corrected chi connectivity index (χ3v) is 4.75. The van der Waals surface area contributed by atoms with Crippen LogP contribution in [-0.4, -0.2) is 37.8 Å². The molecule has 3 heterocycles. The van der Waals surface area contributed by atoms with E-state index in [0.29, 0.717) is 12.2 Å². The van der Waals surface area contributed by atoms with Crippen LogP contribution in [0.1, 0.15) is 28.7 Å². The highest BCUT2D eigenvalue weighted by molar-refractivity contribution is 7.13. The molecule has 3 aromatic rings. The van der Waals surface area contributed by atoms with Crippen molar-refractivity contribution in [3.8, 4) is 10.6 Å². The molecular weight excluding hydrogens is 310 g/mol. The van der Waals surface area contributed by atoms with Crippen molar-refractivity contribution < 1.29 is 4.79 Å². The Morgan fingerprint density at radius 1 is 1.48 bits per heavy atom. The monoisotopic (exact) mass is 329 g/mol. The number of H-pyrrole nitrogens is 1. The molecule has 7 heteroatoms. The average molecular weight is 329 g/mol. The van der Waals surface area contributed by atoms with Gasteiger partial charge in [0.2, 0.25) is 0 Å². The highest BCUT2D eigenvalue weighted by Crippen LogP contribution is 2.23. The van der Waals surface area contributed by atoms with Crippen LogP contribution < -0.4 is 0 Å². The molecule has 3 rings (SSSR count). The van der Waals surface area contributed by atoms with Crippen LogP contribution in [0.2, 0.25) is 0 Å². The van der Waals surface area contributed by atoms with Crippen LogP contribution in [0.3, 0.4) is 0 Å². The lowest BCUT2D eigenvalue weighted by Gasteiger charge is -2.15. The van der Waals surface area contributed by atoms with Gasteiger partial charge in [-0.05, 0) is 31.4 Å². The van der Waals surface area contributed by atoms with Crippen molar-refractivity contribution >= 4 is 17.2 Å². The molecule has 6 nitrogen and oxygen atoms in total. The predicted molar refractivity (Wildman–Crippen MR) is 90.3 cm³/mol. The summed E-state index contributed by atoms with van der Waals surface area (Å²) >= 11 is 1.61. The summed E-state index contributed by atoms with van der Waals surface area (Å²) in [7, 11) is 1.78. The number of thiophene rings is 1. The van der Waals surface area contributed by atoms with Crippen molar-refractivity contribution in [1.29, 1.82) is 0 Å². The highest BCUT2D eigenvalue weighted by Gasteiger charge is 2.18. The molecule has 0 aliphatic carbocycles. The van der Waals surface area contributed by atoms with Gasteiger partial charge in [-0.25, -0.2) is 0 Å². The average Bonchev–Trinajstić information content (AvgIpc) is 3.27. The van der Waals surface area contributed by atoms with Gasteiger partial charge in [0.15, 0.2) is 5.69 Å². The van der Waals surface area contributed by atoms with E-state index in [9.17, 15) is 4.79 Å². The van der Waals surface area contributed by atoms with E-state index in [1.54, 1.807) is 29.4 Å². The molecule has 0 unspecified atom stereocenters. The number of carbonyl (C=O) groups is 1. The number of aryl methyl sites for hydroxylation is 1. The van der Waals surface area contributed by atoms with E-state index < -0.39 is 0 Å². The Kier molecular flexibility index (Phi) is 4.29. The van der Waals surface area contributed by atoms with Gasteiger partial charge < -0.3 is 4.90 Å². The molecule has 0 bridgehead atoms. The maximum absolute atomic E-state index is 12.5. The number of hydrogen-bond acceptors (Lipinski definition) is 4. The first-order chi connectivity index (χ1) is 11.1. The lowest BCUT2D eigenvalue weighted by atomic mass is 10.2. The maximum atomic E-state index is 12.5. The number of nitrogens with zero attached hydrogens (tertiary/aromatic N) is 4. The second kappa shape index (κ2) is 6.37. The molecule has 0 atom stereocenters. The van der Waals surface area contributed by atoms with Gasteiger partial charge in [-0.1, -0.05) is 6.07 Å². The van der Waals surface area contributed by atoms with Gasteiger partial charge >= 0.3 is 0 Å². The van der Waals surface area contributed by atoms with Crippen LogP contribution >= 0.6 is 11.3 Å². The molecule has 0 spiro atoms. The molecule has 0 fully saturated rings. The summed E-state index contributed by atoms with van der Waals surface area (Å²) in [6.45, 7) is 5.42. The summed E-state index contributed by atoms with van der Waals surface area (Å²) in [5.41, 5.74) is 3.44. The van der Waals surface area contributed by atoms with Crippen LogP contribution in [-0.2, 0) is 13.1 Å². The zero-order valence-corrected chi connectivity index (χ0v) is 14.2. The first-order valence-electron chi connectivity index (χ1n) is 7.46. The lowest BCUT2D eigenvalue weighted by Crippen LogP contribution is -2.26. The summed E-state index contributed by atoms with van der Waals surface area (Å²) in [4.78, 5) is 15.3. The van der Waals surface area contributed by atoms with Gasteiger partial charge in [-0.15, -0.1) is 11.3 Å². The van der Waals surface area contributed by atoms with Crippen LogP contribution in [0, 0.1) is 6.92 Å². The summed E-state index contributed by atoms with van der Waals surface area (Å²) < 4.78 is 1.93. The smallest absolute Gasteiger partial charge is 0.274 e. The minimum Gasteiger partial charge on any atom is -0.336 e. The second-order valence-electron chi connectivity index (χ2n) is 5.38. The molecular formula is C16H19N5OS. The standard InChI is InChI=1S/C16H19N5OS/c1-4-21-11(2)12(9-17-21)10-20(3)16(22)14-8-13(18-19-14)15-6-5-7-23-15/h5-9H,4,10H2,1-3H3,(H,18,19). The summed E-state index contributed by atoms with van der Waals surface area (Å²) in [6.07, 6.45) is 1.82. The van der Waals surface area contributed by atoms with E-state index in [-0.39, 0.29) is 5.91 Å². The normalized spacial score (nSPS) is 10.9. The Bertz CT molecular complexity index is 802. The van der Waals surface area contributed by atoms with Crippen LogP contribution in [0.5, 0.6) is 0 Å². The third-order valence-electron chi connectivity index (χ3n) is 3.84. The Labute approximate surface area is 138 Å². The first-order valence-corrected chi connectivity index (χ1v) is 8.34. The Balaban J connectivity index is 1.73. The fourth-order valence-corrected chi connectivity index (χ4v) is 3.16. The van der Waals surface area contributed by atoms with Crippen LogP contribution in [0.15, 0.2) is 29.8 Å². The molecule has 120 valence electrons. The van der Waals surface area contributed by atoms with Crippen molar-refractivity contribution in [2.45, 2.75) is 26.9 Å². The first kappa shape index (κ1) is 15.5. The molecule has 0 radical (unpaired) electrons. The molecule has 23 heavy (non-hydrogen) atoms. The number of carbonyl (C=O) groups excluding carboxylic acids is 1. The van der Waals surface area contributed by atoms with E-state index in [0.717, 1.165) is 28.4 Å². The fourth-order valence-electron chi connectivity index (χ4n) is 2.47. The van der Waals surface area contributed by atoms with Gasteiger partial charge in [0.25, 0.3) is 5.91 Å². The van der Waals surface area contributed by atoms with Crippen LogP contribution in [0.25, 0.3) is 10.6 Å². The van der Waals surface area contributed by atoms with Gasteiger partial charge in [0, 0.05) is 31.4 Å². The van der Waals surface area contributed by atoms with Crippen molar-refractivity contribution in [2.75, 3.05) is 7.05 Å². The molecule has 0 aliphatic heterocycles. The maximum Gasteiger partial charge on any atom is 0.274 e. The van der Waals surface area contributed by atoms with E-state index in [2.05, 4.69) is 22.2 Å². The molecule has 0 aliphatic rings. The lowest BCUT2D eigenvalue weighted by molar-refractivity contribution is 0.0779. The Morgan fingerprint density at radius 3 is 2.96 bits per heavy atom. The largest absolute Gasteiger partial charge is 0.336 e. The Morgan fingerprint density at radius 2 is 2.30 bits per heavy atom. The van der Waals surface area contributed by atoms with E-state index in [1.165, 1.54) is 0 Å². The third kappa shape index (κ3) is 3.05. The van der Waals surface area contributed by atoms with Crippen LogP contribution in [0.4, 0.5) is 0 Å². The highest BCUT2D eigenvalue weighted by atomic mass is 32.1. The second-order valence-corrected chi connectivity index (χ2v) is 6.32. The quantitative estimate of drug-likeness (QED) is 0.782. The fraction of sp³-hybridized carbons (Fsp3) is 0.312. The number of rotatable bonds is 5. The minimum atomic E-state index is -0.104. The Hall–Kier alpha value is -2.41. The molecule has 1 amide bonds. The molecule has 0 saturated carbocycles. The molecule has 0 saturated heterocycles. The van der Waals surface area contributed by atoms with E-state index >= 15 is 0 Å². The number of nitrogens with one attached hydrogen (secondary N) is 1. The minimum absolute atomic E-state index is 0.104. The number of amides is 1. The molecule has 1 N–H and O–H groups in total. The van der Waals surface area contributed by atoms with Crippen molar-refractivity contribution in [3.63, 3.8) is 0 Å². The number of aromatic nitrogens is 4. The summed E-state index contributed by atoms with van der Waals surface area (Å²) in [5, 5.41) is 13.4. The SMILES string of the molecule is CCn1ncc(CN(C)C(=O)c2cc(-c3cccs3)[nH]n2)c1C. The number of aromatic amines is 1. The zero-order chi connectivity index (χ0) is 16.4. The van der Waals surface area contributed by atoms with Crippen molar-refractivity contribution in [3.05, 3.63) is 46.7 Å². The molecule has 0 aromatic carbocycles. The van der Waals surface area contributed by atoms with Crippen molar-refractivity contribution in [2.24, 2.45) is 0 Å². The predicted octanol–water partition coefficient (Wildman–Crippen LogP) is 2.94. The van der Waals surface area contributed by atoms with Gasteiger partial charge in [-0.3, -0.25) is 14.6 Å². The summed E-state index contributed by atoms with van der Waals surface area (Å²) in [5.74, 6) is -0.104. The topological polar surface area (TPSA) is 66.8 Å². The van der Waals surface area contributed by atoms with E-state index in [1.807, 2.05) is 35.3 Å². The van der Waals surface area contributed by atoms with Gasteiger partial charge in [-0.2, -0.15) is 10.2 Å². The van der Waals surface area contributed by atoms with Gasteiger partial charge in [0.05, 0.1) is 16.8 Å². The van der Waals surface area contributed by atoms with E-state index in [4.69, 9.17) is 0 Å². The summed E-state index contributed by atoms with van der Waals surface area (Å²) in [6, 6.07) is 5.77. The van der Waals surface area contributed by atoms with Gasteiger partial charge in [0.1, 0.15) is 0 Å².